The summed E-state index contributed by atoms with van der Waals surface area (Å²) in [5.74, 6) is -0.214. The van der Waals surface area contributed by atoms with E-state index in [1.165, 1.54) is 4.88 Å². The number of benzene rings is 1. The molecule has 2 N–H and O–H groups in total. The van der Waals surface area contributed by atoms with Crippen molar-refractivity contribution in [2.75, 3.05) is 23.8 Å². The molecule has 0 fully saturated rings. The van der Waals surface area contributed by atoms with Crippen LogP contribution in [0.5, 0.6) is 0 Å². The standard InChI is InChI=1S/C17H19N3O2S/c1-10-4-7-15(23-10)11(2)18-17(22)12-5-6-14-13(8-12)19-16(21)9-20(14)3/h4-8,11H,9H2,1-3H3,(H,18,22)(H,19,21)/t11-/m1/s1. The second-order valence-electron chi connectivity index (χ2n) is 5.78. The molecule has 0 bridgehead atoms. The van der Waals surface area contributed by atoms with Gasteiger partial charge in [-0.1, -0.05) is 0 Å². The van der Waals surface area contributed by atoms with Crippen molar-refractivity contribution in [2.24, 2.45) is 0 Å². The first-order valence-corrected chi connectivity index (χ1v) is 8.28. The number of thiophene rings is 1. The highest BCUT2D eigenvalue weighted by atomic mass is 32.1. The second-order valence-corrected chi connectivity index (χ2v) is 7.10. The van der Waals surface area contributed by atoms with Gasteiger partial charge >= 0.3 is 0 Å². The van der Waals surface area contributed by atoms with Gasteiger partial charge < -0.3 is 15.5 Å². The number of likely N-dealkylation sites (N-methyl/N-ethyl adjacent to an activating group) is 1. The van der Waals surface area contributed by atoms with Crippen LogP contribution < -0.4 is 15.5 Å². The average molecular weight is 329 g/mol. The number of nitrogens with zero attached hydrogens (tertiary/aromatic N) is 1. The molecule has 120 valence electrons. The highest BCUT2D eigenvalue weighted by Crippen LogP contribution is 2.29. The first-order chi connectivity index (χ1) is 10.9. The Balaban J connectivity index is 1.78. The molecule has 2 heterocycles. The third-order valence-corrected chi connectivity index (χ3v) is 5.04. The van der Waals surface area contributed by atoms with E-state index in [0.717, 1.165) is 10.6 Å². The lowest BCUT2D eigenvalue weighted by Gasteiger charge is -2.27. The molecule has 23 heavy (non-hydrogen) atoms. The van der Waals surface area contributed by atoms with Crippen molar-refractivity contribution in [1.29, 1.82) is 0 Å². The van der Waals surface area contributed by atoms with E-state index in [4.69, 9.17) is 0 Å². The van der Waals surface area contributed by atoms with Crippen molar-refractivity contribution in [3.05, 3.63) is 45.6 Å². The van der Waals surface area contributed by atoms with Crippen molar-refractivity contribution in [2.45, 2.75) is 19.9 Å². The first-order valence-electron chi connectivity index (χ1n) is 7.46. The predicted molar refractivity (Wildman–Crippen MR) is 93.3 cm³/mol. The molecule has 0 saturated heterocycles. The molecule has 5 nitrogen and oxygen atoms in total. The Morgan fingerprint density at radius 1 is 1.35 bits per heavy atom. The maximum Gasteiger partial charge on any atom is 0.251 e. The van der Waals surface area contributed by atoms with Gasteiger partial charge in [0.2, 0.25) is 5.91 Å². The summed E-state index contributed by atoms with van der Waals surface area (Å²) < 4.78 is 0. The minimum Gasteiger partial charge on any atom is -0.364 e. The van der Waals surface area contributed by atoms with Gasteiger partial charge in [-0.25, -0.2) is 0 Å². The Bertz CT molecular complexity index is 769. The normalized spacial score (nSPS) is 14.9. The molecule has 1 aromatic heterocycles. The topological polar surface area (TPSA) is 61.4 Å². The van der Waals surface area contributed by atoms with Crippen LogP contribution >= 0.6 is 11.3 Å². The molecular formula is C17H19N3O2S. The number of hydrogen-bond donors (Lipinski definition) is 2. The number of hydrogen-bond acceptors (Lipinski definition) is 4. The number of carbonyl (C=O) groups excluding carboxylic acids is 2. The molecule has 3 rings (SSSR count). The summed E-state index contributed by atoms with van der Waals surface area (Å²) in [4.78, 5) is 28.3. The van der Waals surface area contributed by atoms with Crippen molar-refractivity contribution in [3.63, 3.8) is 0 Å². The van der Waals surface area contributed by atoms with E-state index in [1.54, 1.807) is 23.5 Å². The molecule has 0 saturated carbocycles. The minimum atomic E-state index is -0.145. The Morgan fingerprint density at radius 3 is 2.83 bits per heavy atom. The Hall–Kier alpha value is -2.34. The maximum atomic E-state index is 12.5. The lowest BCUT2D eigenvalue weighted by Crippen LogP contribution is -2.35. The van der Waals surface area contributed by atoms with Gasteiger partial charge in [-0.05, 0) is 44.2 Å². The van der Waals surface area contributed by atoms with Gasteiger partial charge in [-0.2, -0.15) is 0 Å². The highest BCUT2D eigenvalue weighted by molar-refractivity contribution is 7.12. The van der Waals surface area contributed by atoms with Gasteiger partial charge in [-0.3, -0.25) is 9.59 Å². The van der Waals surface area contributed by atoms with Crippen molar-refractivity contribution in [1.82, 2.24) is 5.32 Å². The zero-order valence-corrected chi connectivity index (χ0v) is 14.2. The van der Waals surface area contributed by atoms with Crippen LogP contribution in [-0.4, -0.2) is 25.4 Å². The fourth-order valence-electron chi connectivity index (χ4n) is 2.64. The van der Waals surface area contributed by atoms with Crippen LogP contribution in [0, 0.1) is 6.92 Å². The van der Waals surface area contributed by atoms with Crippen LogP contribution in [-0.2, 0) is 4.79 Å². The molecule has 2 amide bonds. The molecule has 0 spiro atoms. The molecule has 1 aromatic carbocycles. The summed E-state index contributed by atoms with van der Waals surface area (Å²) in [5, 5.41) is 5.82. The van der Waals surface area contributed by atoms with Gasteiger partial charge in [0.05, 0.1) is 24.0 Å². The number of fused-ring (bicyclic) bond motifs is 1. The average Bonchev–Trinajstić information content (AvgIpc) is 2.93. The monoisotopic (exact) mass is 329 g/mol. The number of aryl methyl sites for hydroxylation is 1. The van der Waals surface area contributed by atoms with Gasteiger partial charge in [0, 0.05) is 22.4 Å². The lowest BCUT2D eigenvalue weighted by molar-refractivity contribution is -0.115. The lowest BCUT2D eigenvalue weighted by atomic mass is 10.1. The van der Waals surface area contributed by atoms with E-state index in [0.29, 0.717) is 17.8 Å². The molecule has 0 radical (unpaired) electrons. The first kappa shape index (κ1) is 15.6. The summed E-state index contributed by atoms with van der Waals surface area (Å²) in [5.41, 5.74) is 2.14. The predicted octanol–water partition coefficient (Wildman–Crippen LogP) is 2.94. The third-order valence-electron chi connectivity index (χ3n) is 3.86. The van der Waals surface area contributed by atoms with E-state index in [1.807, 2.05) is 44.0 Å². The Morgan fingerprint density at radius 2 is 2.13 bits per heavy atom. The van der Waals surface area contributed by atoms with E-state index in [2.05, 4.69) is 10.6 Å². The Kier molecular flexibility index (Phi) is 4.09. The van der Waals surface area contributed by atoms with Crippen LogP contribution in [0.25, 0.3) is 0 Å². The second kappa shape index (κ2) is 6.04. The van der Waals surface area contributed by atoms with Crippen LogP contribution in [0.15, 0.2) is 30.3 Å². The molecule has 0 unspecified atom stereocenters. The molecule has 6 heteroatoms. The van der Waals surface area contributed by atoms with E-state index in [9.17, 15) is 9.59 Å². The fourth-order valence-corrected chi connectivity index (χ4v) is 3.52. The summed E-state index contributed by atoms with van der Waals surface area (Å²) in [6.45, 7) is 4.34. The van der Waals surface area contributed by atoms with Gasteiger partial charge in [0.15, 0.2) is 0 Å². The van der Waals surface area contributed by atoms with Crippen molar-refractivity contribution >= 4 is 34.5 Å². The summed E-state index contributed by atoms with van der Waals surface area (Å²) in [6, 6.07) is 9.41. The third kappa shape index (κ3) is 3.22. The zero-order chi connectivity index (χ0) is 16.6. The molecule has 0 aliphatic carbocycles. The molecule has 1 aliphatic rings. The minimum absolute atomic E-state index is 0.0468. The van der Waals surface area contributed by atoms with E-state index in [-0.39, 0.29) is 17.9 Å². The van der Waals surface area contributed by atoms with E-state index >= 15 is 0 Å². The Labute approximate surface area is 139 Å². The SMILES string of the molecule is Cc1ccc([C@@H](C)NC(=O)c2ccc3c(c2)NC(=O)CN3C)s1. The van der Waals surface area contributed by atoms with Crippen LogP contribution in [0.3, 0.4) is 0 Å². The number of amides is 2. The maximum absolute atomic E-state index is 12.5. The quantitative estimate of drug-likeness (QED) is 0.910. The number of carbonyl (C=O) groups is 2. The highest BCUT2D eigenvalue weighted by Gasteiger charge is 2.21. The van der Waals surface area contributed by atoms with E-state index < -0.39 is 0 Å². The van der Waals surface area contributed by atoms with Gasteiger partial charge in [0.1, 0.15) is 0 Å². The number of anilines is 2. The van der Waals surface area contributed by atoms with Crippen LogP contribution in [0.2, 0.25) is 0 Å². The van der Waals surface area contributed by atoms with Crippen molar-refractivity contribution < 1.29 is 9.59 Å². The van der Waals surface area contributed by atoms with Crippen LogP contribution in [0.4, 0.5) is 11.4 Å². The van der Waals surface area contributed by atoms with Crippen LogP contribution in [0.1, 0.15) is 33.1 Å². The molecule has 1 aliphatic heterocycles. The molecule has 2 aromatic rings. The summed E-state index contributed by atoms with van der Waals surface area (Å²) >= 11 is 1.68. The summed E-state index contributed by atoms with van der Waals surface area (Å²) in [7, 11) is 1.86. The number of nitrogens with one attached hydrogen (secondary N) is 2. The van der Waals surface area contributed by atoms with Gasteiger partial charge in [0.25, 0.3) is 5.91 Å². The van der Waals surface area contributed by atoms with Crippen molar-refractivity contribution in [3.8, 4) is 0 Å². The zero-order valence-electron chi connectivity index (χ0n) is 13.3. The smallest absolute Gasteiger partial charge is 0.251 e. The molecular weight excluding hydrogens is 310 g/mol. The fraction of sp³-hybridized carbons (Fsp3) is 0.294. The molecule has 1 atom stereocenters. The van der Waals surface area contributed by atoms with Gasteiger partial charge in [-0.15, -0.1) is 11.3 Å². The summed E-state index contributed by atoms with van der Waals surface area (Å²) in [6.07, 6.45) is 0. The number of rotatable bonds is 3. The largest absolute Gasteiger partial charge is 0.364 e.